The van der Waals surface area contributed by atoms with E-state index in [0.29, 0.717) is 33.8 Å². The van der Waals surface area contributed by atoms with Crippen molar-refractivity contribution in [2.45, 2.75) is 19.0 Å². The first-order valence-corrected chi connectivity index (χ1v) is 8.95. The Bertz CT molecular complexity index is 866. The SMILES string of the molecule is COc1cc(OC)cc(N2C(=O)C[C@H](NCc3ccc(Cl)cc3Cl)C2=O)c1. The Morgan fingerprint density at radius 2 is 1.74 bits per heavy atom. The molecular weight excluding hydrogens is 391 g/mol. The number of methoxy groups -OCH3 is 2. The summed E-state index contributed by atoms with van der Waals surface area (Å²) in [6.45, 7) is 0.342. The number of hydrogen-bond donors (Lipinski definition) is 1. The van der Waals surface area contributed by atoms with Crippen molar-refractivity contribution in [3.63, 3.8) is 0 Å². The van der Waals surface area contributed by atoms with Gasteiger partial charge in [0.05, 0.1) is 32.4 Å². The number of amides is 2. The summed E-state index contributed by atoms with van der Waals surface area (Å²) in [4.78, 5) is 26.4. The van der Waals surface area contributed by atoms with Gasteiger partial charge in [-0.05, 0) is 17.7 Å². The number of hydrogen-bond acceptors (Lipinski definition) is 5. The van der Waals surface area contributed by atoms with Gasteiger partial charge in [0.2, 0.25) is 5.91 Å². The molecule has 0 saturated carbocycles. The summed E-state index contributed by atoms with van der Waals surface area (Å²) in [6.07, 6.45) is 0.0591. The predicted octanol–water partition coefficient (Wildman–Crippen LogP) is 3.43. The quantitative estimate of drug-likeness (QED) is 0.741. The molecule has 1 aliphatic rings. The molecule has 27 heavy (non-hydrogen) atoms. The van der Waals surface area contributed by atoms with Crippen LogP contribution in [0.25, 0.3) is 0 Å². The van der Waals surface area contributed by atoms with E-state index in [1.807, 2.05) is 0 Å². The van der Waals surface area contributed by atoms with E-state index in [2.05, 4.69) is 5.32 Å². The average Bonchev–Trinajstić information content (AvgIpc) is 2.94. The van der Waals surface area contributed by atoms with Crippen LogP contribution in [0.3, 0.4) is 0 Å². The molecule has 1 saturated heterocycles. The van der Waals surface area contributed by atoms with E-state index in [0.717, 1.165) is 10.5 Å². The minimum absolute atomic E-state index is 0.0591. The number of halogens is 2. The van der Waals surface area contributed by atoms with E-state index in [1.54, 1.807) is 36.4 Å². The van der Waals surface area contributed by atoms with Crippen molar-refractivity contribution in [3.05, 3.63) is 52.0 Å². The number of benzene rings is 2. The molecule has 2 amide bonds. The van der Waals surface area contributed by atoms with E-state index in [-0.39, 0.29) is 18.2 Å². The Labute approximate surface area is 167 Å². The zero-order valence-corrected chi connectivity index (χ0v) is 16.3. The van der Waals surface area contributed by atoms with Crippen molar-refractivity contribution in [1.82, 2.24) is 5.32 Å². The second kappa shape index (κ2) is 8.17. The van der Waals surface area contributed by atoms with Gasteiger partial charge in [0.25, 0.3) is 5.91 Å². The molecule has 1 N–H and O–H groups in total. The highest BCUT2D eigenvalue weighted by Gasteiger charge is 2.39. The summed E-state index contributed by atoms with van der Waals surface area (Å²) in [5.74, 6) is 0.360. The zero-order valence-electron chi connectivity index (χ0n) is 14.8. The van der Waals surface area contributed by atoms with E-state index in [4.69, 9.17) is 32.7 Å². The third-order valence-electron chi connectivity index (χ3n) is 4.30. The highest BCUT2D eigenvalue weighted by molar-refractivity contribution is 6.35. The number of anilines is 1. The summed E-state index contributed by atoms with van der Waals surface area (Å²) >= 11 is 12.0. The lowest BCUT2D eigenvalue weighted by Gasteiger charge is -2.17. The van der Waals surface area contributed by atoms with Crippen molar-refractivity contribution in [2.75, 3.05) is 19.1 Å². The molecule has 3 rings (SSSR count). The highest BCUT2D eigenvalue weighted by atomic mass is 35.5. The van der Waals surface area contributed by atoms with Crippen molar-refractivity contribution < 1.29 is 19.1 Å². The lowest BCUT2D eigenvalue weighted by Crippen LogP contribution is -2.38. The largest absolute Gasteiger partial charge is 0.497 e. The maximum Gasteiger partial charge on any atom is 0.251 e. The minimum Gasteiger partial charge on any atom is -0.497 e. The van der Waals surface area contributed by atoms with Gasteiger partial charge in [-0.3, -0.25) is 9.59 Å². The molecular formula is C19H18Cl2N2O4. The lowest BCUT2D eigenvalue weighted by molar-refractivity contribution is -0.121. The van der Waals surface area contributed by atoms with Crippen LogP contribution in [0.15, 0.2) is 36.4 Å². The van der Waals surface area contributed by atoms with Crippen LogP contribution in [0.4, 0.5) is 5.69 Å². The van der Waals surface area contributed by atoms with Crippen molar-refractivity contribution in [1.29, 1.82) is 0 Å². The Kier molecular flexibility index (Phi) is 5.89. The smallest absolute Gasteiger partial charge is 0.251 e. The second-order valence-electron chi connectivity index (χ2n) is 6.01. The van der Waals surface area contributed by atoms with E-state index >= 15 is 0 Å². The number of nitrogens with zero attached hydrogens (tertiary/aromatic N) is 1. The zero-order chi connectivity index (χ0) is 19.6. The summed E-state index contributed by atoms with van der Waals surface area (Å²) in [7, 11) is 3.01. The molecule has 0 unspecified atom stereocenters. The molecule has 6 nitrogen and oxygen atoms in total. The molecule has 0 radical (unpaired) electrons. The molecule has 2 aromatic carbocycles. The van der Waals surface area contributed by atoms with Gasteiger partial charge in [-0.1, -0.05) is 29.3 Å². The summed E-state index contributed by atoms with van der Waals surface area (Å²) in [5, 5.41) is 4.13. The fourth-order valence-electron chi connectivity index (χ4n) is 2.88. The number of carbonyl (C=O) groups excluding carboxylic acids is 2. The van der Waals surface area contributed by atoms with Crippen LogP contribution in [0.5, 0.6) is 11.5 Å². The van der Waals surface area contributed by atoms with Gasteiger partial charge in [-0.15, -0.1) is 0 Å². The third kappa shape index (κ3) is 4.18. The van der Waals surface area contributed by atoms with Crippen LogP contribution >= 0.6 is 23.2 Å². The van der Waals surface area contributed by atoms with E-state index in [9.17, 15) is 9.59 Å². The van der Waals surface area contributed by atoms with Crippen LogP contribution < -0.4 is 19.7 Å². The summed E-state index contributed by atoms with van der Waals surface area (Å²) in [6, 6.07) is 9.42. The average molecular weight is 409 g/mol. The number of ether oxygens (including phenoxy) is 2. The summed E-state index contributed by atoms with van der Waals surface area (Å²) in [5.41, 5.74) is 1.21. The molecule has 0 bridgehead atoms. The molecule has 8 heteroatoms. The van der Waals surface area contributed by atoms with Gasteiger partial charge in [0.1, 0.15) is 11.5 Å². The number of nitrogens with one attached hydrogen (secondary N) is 1. The van der Waals surface area contributed by atoms with Gasteiger partial charge >= 0.3 is 0 Å². The Morgan fingerprint density at radius 3 is 2.33 bits per heavy atom. The number of rotatable bonds is 6. The van der Waals surface area contributed by atoms with Crippen molar-refractivity contribution in [2.24, 2.45) is 0 Å². The lowest BCUT2D eigenvalue weighted by atomic mass is 10.2. The first kappa shape index (κ1) is 19.5. The van der Waals surface area contributed by atoms with Crippen LogP contribution in [0.2, 0.25) is 10.0 Å². The van der Waals surface area contributed by atoms with E-state index in [1.165, 1.54) is 14.2 Å². The fourth-order valence-corrected chi connectivity index (χ4v) is 3.36. The molecule has 0 aliphatic carbocycles. The summed E-state index contributed by atoms with van der Waals surface area (Å²) < 4.78 is 10.4. The molecule has 2 aromatic rings. The van der Waals surface area contributed by atoms with Gasteiger partial charge in [-0.2, -0.15) is 0 Å². The maximum atomic E-state index is 12.8. The first-order valence-electron chi connectivity index (χ1n) is 8.20. The van der Waals surface area contributed by atoms with Crippen molar-refractivity contribution in [3.8, 4) is 11.5 Å². The minimum atomic E-state index is -0.638. The molecule has 1 fully saturated rings. The van der Waals surface area contributed by atoms with Gasteiger partial charge in [-0.25, -0.2) is 4.90 Å². The molecule has 142 valence electrons. The Morgan fingerprint density at radius 1 is 1.07 bits per heavy atom. The maximum absolute atomic E-state index is 12.8. The molecule has 0 spiro atoms. The highest BCUT2D eigenvalue weighted by Crippen LogP contribution is 2.31. The normalized spacial score (nSPS) is 16.7. The molecule has 1 heterocycles. The molecule has 1 aliphatic heterocycles. The number of imide groups is 1. The predicted molar refractivity (Wildman–Crippen MR) is 104 cm³/mol. The van der Waals surface area contributed by atoms with Crippen molar-refractivity contribution >= 4 is 40.7 Å². The monoisotopic (exact) mass is 408 g/mol. The van der Waals surface area contributed by atoms with Crippen LogP contribution in [-0.4, -0.2) is 32.1 Å². The fraction of sp³-hybridized carbons (Fsp3) is 0.263. The van der Waals surface area contributed by atoms with Crippen LogP contribution in [0, 0.1) is 0 Å². The van der Waals surface area contributed by atoms with Gasteiger partial charge in [0, 0.05) is 34.8 Å². The molecule has 0 aromatic heterocycles. The van der Waals surface area contributed by atoms with Gasteiger partial charge < -0.3 is 14.8 Å². The Hall–Kier alpha value is -2.28. The first-order chi connectivity index (χ1) is 12.9. The topological polar surface area (TPSA) is 67.9 Å². The van der Waals surface area contributed by atoms with Gasteiger partial charge in [0.15, 0.2) is 0 Å². The Balaban J connectivity index is 1.77. The number of carbonyl (C=O) groups is 2. The standard InChI is InChI=1S/C19H18Cl2N2O4/c1-26-14-6-13(7-15(8-14)27-2)23-18(24)9-17(19(23)25)22-10-11-3-4-12(20)5-16(11)21/h3-8,17,22H,9-10H2,1-2H3/t17-/m0/s1. The van der Waals surface area contributed by atoms with Crippen LogP contribution in [0.1, 0.15) is 12.0 Å². The van der Waals surface area contributed by atoms with E-state index < -0.39 is 6.04 Å². The van der Waals surface area contributed by atoms with Crippen LogP contribution in [-0.2, 0) is 16.1 Å². The second-order valence-corrected chi connectivity index (χ2v) is 6.86. The third-order valence-corrected chi connectivity index (χ3v) is 4.88. The molecule has 1 atom stereocenters.